The molecule has 0 aliphatic heterocycles. The molecule has 2 aromatic rings. The van der Waals surface area contributed by atoms with Crippen LogP contribution in [0.1, 0.15) is 6.92 Å². The molecule has 0 bridgehead atoms. The zero-order valence-corrected chi connectivity index (χ0v) is 13.1. The summed E-state index contributed by atoms with van der Waals surface area (Å²) in [5, 5.41) is 10.5. The molecule has 1 aromatic heterocycles. The largest absolute Gasteiger partial charge is 0.324 e. The zero-order valence-electron chi connectivity index (χ0n) is 10.8. The first kappa shape index (κ1) is 15.8. The van der Waals surface area contributed by atoms with E-state index < -0.39 is 5.25 Å². The van der Waals surface area contributed by atoms with Crippen molar-refractivity contribution >= 4 is 46.6 Å². The normalized spacial score (nSPS) is 12.0. The highest BCUT2D eigenvalue weighted by Crippen LogP contribution is 2.27. The Hall–Kier alpha value is -1.57. The van der Waals surface area contributed by atoms with Crippen LogP contribution in [0.4, 0.5) is 5.69 Å². The number of nitrogens with zero attached hydrogens (tertiary/aromatic N) is 2. The third kappa shape index (κ3) is 4.45. The van der Waals surface area contributed by atoms with Gasteiger partial charge in [0.25, 0.3) is 5.56 Å². The van der Waals surface area contributed by atoms with E-state index in [1.54, 1.807) is 25.1 Å². The Balaban J connectivity index is 2.06. The quantitative estimate of drug-likeness (QED) is 0.832. The van der Waals surface area contributed by atoms with Gasteiger partial charge in [0.05, 0.1) is 16.0 Å². The molecule has 2 rings (SSSR count). The Morgan fingerprint density at radius 3 is 2.90 bits per heavy atom. The van der Waals surface area contributed by atoms with Crippen molar-refractivity contribution in [3.05, 3.63) is 44.8 Å². The Bertz CT molecular complexity index is 722. The average molecular weight is 345 g/mol. The van der Waals surface area contributed by atoms with E-state index in [9.17, 15) is 9.59 Å². The van der Waals surface area contributed by atoms with Crippen LogP contribution in [0.5, 0.6) is 0 Å². The van der Waals surface area contributed by atoms with Gasteiger partial charge in [0.2, 0.25) is 5.91 Å². The van der Waals surface area contributed by atoms with E-state index in [1.807, 2.05) is 0 Å². The Kier molecular flexibility index (Phi) is 5.22. The molecule has 1 amide bonds. The molecular weight excluding hydrogens is 335 g/mol. The lowest BCUT2D eigenvalue weighted by Crippen LogP contribution is -2.23. The molecule has 0 fully saturated rings. The fourth-order valence-electron chi connectivity index (χ4n) is 1.40. The zero-order chi connectivity index (χ0) is 15.4. The highest BCUT2D eigenvalue weighted by molar-refractivity contribution is 8.00. The first-order chi connectivity index (χ1) is 9.95. The number of anilines is 1. The molecule has 0 aliphatic carbocycles. The molecule has 0 aliphatic rings. The van der Waals surface area contributed by atoms with Gasteiger partial charge in [-0.1, -0.05) is 35.0 Å². The highest BCUT2D eigenvalue weighted by atomic mass is 35.5. The monoisotopic (exact) mass is 344 g/mol. The second-order valence-electron chi connectivity index (χ2n) is 4.01. The second-order valence-corrected chi connectivity index (χ2v) is 6.19. The summed E-state index contributed by atoms with van der Waals surface area (Å²) in [5.41, 5.74) is 0.0484. The van der Waals surface area contributed by atoms with Crippen molar-refractivity contribution in [2.75, 3.05) is 5.32 Å². The topological polar surface area (TPSA) is 87.7 Å². The van der Waals surface area contributed by atoms with E-state index in [2.05, 4.69) is 20.5 Å². The molecule has 0 saturated heterocycles. The third-order valence-electron chi connectivity index (χ3n) is 2.40. The van der Waals surface area contributed by atoms with Crippen molar-refractivity contribution in [3.8, 4) is 0 Å². The number of aromatic amines is 1. The lowest BCUT2D eigenvalue weighted by Gasteiger charge is -2.12. The second kappa shape index (κ2) is 6.93. The Morgan fingerprint density at radius 1 is 1.43 bits per heavy atom. The number of aromatic nitrogens is 3. The summed E-state index contributed by atoms with van der Waals surface area (Å²) in [6, 6.07) is 4.78. The van der Waals surface area contributed by atoms with Gasteiger partial charge in [0, 0.05) is 5.02 Å². The molecule has 2 N–H and O–H groups in total. The summed E-state index contributed by atoms with van der Waals surface area (Å²) in [4.78, 5) is 25.7. The first-order valence-corrected chi connectivity index (χ1v) is 7.44. The number of rotatable bonds is 4. The highest BCUT2D eigenvalue weighted by Gasteiger charge is 2.17. The predicted octanol–water partition coefficient (Wildman–Crippen LogP) is 2.59. The van der Waals surface area contributed by atoms with E-state index >= 15 is 0 Å². The molecule has 1 atom stereocenters. The molecule has 0 saturated carbocycles. The van der Waals surface area contributed by atoms with Gasteiger partial charge in [-0.05, 0) is 25.1 Å². The van der Waals surface area contributed by atoms with Gasteiger partial charge < -0.3 is 5.32 Å². The first-order valence-electron chi connectivity index (χ1n) is 5.80. The molecule has 0 radical (unpaired) electrons. The number of carbonyl (C=O) groups excluding carboxylic acids is 1. The van der Waals surface area contributed by atoms with Crippen LogP contribution in [0.2, 0.25) is 10.0 Å². The van der Waals surface area contributed by atoms with Crippen LogP contribution in [0, 0.1) is 0 Å². The van der Waals surface area contributed by atoms with Gasteiger partial charge in [-0.2, -0.15) is 5.10 Å². The number of hydrogen-bond donors (Lipinski definition) is 2. The number of hydrogen-bond acceptors (Lipinski definition) is 5. The number of benzene rings is 1. The van der Waals surface area contributed by atoms with Crippen molar-refractivity contribution in [1.82, 2.24) is 15.2 Å². The fraction of sp³-hybridized carbons (Fsp3) is 0.167. The van der Waals surface area contributed by atoms with Gasteiger partial charge in [0.15, 0.2) is 5.16 Å². The van der Waals surface area contributed by atoms with E-state index in [4.69, 9.17) is 23.2 Å². The van der Waals surface area contributed by atoms with Crippen LogP contribution in [-0.4, -0.2) is 26.3 Å². The molecule has 1 aromatic carbocycles. The van der Waals surface area contributed by atoms with E-state index in [1.165, 1.54) is 0 Å². The minimum atomic E-state index is -0.507. The van der Waals surface area contributed by atoms with Crippen LogP contribution in [-0.2, 0) is 4.79 Å². The molecule has 110 valence electrons. The van der Waals surface area contributed by atoms with Gasteiger partial charge in [-0.15, -0.1) is 5.10 Å². The van der Waals surface area contributed by atoms with Crippen molar-refractivity contribution in [1.29, 1.82) is 0 Å². The molecule has 6 nitrogen and oxygen atoms in total. The Morgan fingerprint density at radius 2 is 2.19 bits per heavy atom. The standard InChI is InChI=1S/C12H10Cl2N4O2S/c1-6(21-12-17-10(19)5-15-18-12)11(20)16-9-4-7(13)2-3-8(9)14/h2-6H,1H3,(H,16,20)(H,17,18,19). The average Bonchev–Trinajstić information content (AvgIpc) is 2.43. The summed E-state index contributed by atoms with van der Waals surface area (Å²) in [6.45, 7) is 1.67. The van der Waals surface area contributed by atoms with Crippen LogP contribution >= 0.6 is 35.0 Å². The summed E-state index contributed by atoms with van der Waals surface area (Å²) in [7, 11) is 0. The maximum atomic E-state index is 12.1. The van der Waals surface area contributed by atoms with Crippen LogP contribution < -0.4 is 10.9 Å². The molecule has 1 unspecified atom stereocenters. The lowest BCUT2D eigenvalue weighted by atomic mass is 10.3. The minimum absolute atomic E-state index is 0.266. The van der Waals surface area contributed by atoms with Gasteiger partial charge in [-0.25, -0.2) is 0 Å². The van der Waals surface area contributed by atoms with Crippen molar-refractivity contribution in [2.24, 2.45) is 0 Å². The number of nitrogens with one attached hydrogen (secondary N) is 2. The van der Waals surface area contributed by atoms with Crippen LogP contribution in [0.15, 0.2) is 34.3 Å². The Labute approximate surface area is 134 Å². The molecule has 1 heterocycles. The molecular formula is C12H10Cl2N4O2S. The van der Waals surface area contributed by atoms with Gasteiger partial charge in [-0.3, -0.25) is 14.6 Å². The molecule has 21 heavy (non-hydrogen) atoms. The summed E-state index contributed by atoms with van der Waals surface area (Å²) >= 11 is 12.9. The number of H-pyrrole nitrogens is 1. The van der Waals surface area contributed by atoms with Crippen molar-refractivity contribution < 1.29 is 4.79 Å². The summed E-state index contributed by atoms with van der Waals surface area (Å²) in [6.07, 6.45) is 1.06. The minimum Gasteiger partial charge on any atom is -0.324 e. The van der Waals surface area contributed by atoms with Crippen molar-refractivity contribution in [3.63, 3.8) is 0 Å². The van der Waals surface area contributed by atoms with Crippen molar-refractivity contribution in [2.45, 2.75) is 17.3 Å². The molecule has 9 heteroatoms. The maximum absolute atomic E-state index is 12.1. The third-order valence-corrected chi connectivity index (χ3v) is 3.94. The lowest BCUT2D eigenvalue weighted by molar-refractivity contribution is -0.115. The van der Waals surface area contributed by atoms with Crippen LogP contribution in [0.25, 0.3) is 0 Å². The van der Waals surface area contributed by atoms with E-state index in [0.29, 0.717) is 15.7 Å². The van der Waals surface area contributed by atoms with Gasteiger partial charge >= 0.3 is 0 Å². The van der Waals surface area contributed by atoms with E-state index in [0.717, 1.165) is 18.0 Å². The van der Waals surface area contributed by atoms with Gasteiger partial charge in [0.1, 0.15) is 6.20 Å². The number of thioether (sulfide) groups is 1. The fourth-order valence-corrected chi connectivity index (χ4v) is 2.49. The SMILES string of the molecule is CC(Sc1nncc(=O)[nH]1)C(=O)Nc1cc(Cl)ccc1Cl. The number of carbonyl (C=O) groups is 1. The smallest absolute Gasteiger partial charge is 0.270 e. The summed E-state index contributed by atoms with van der Waals surface area (Å²) in [5.74, 6) is -0.296. The predicted molar refractivity (Wildman–Crippen MR) is 83.1 cm³/mol. The van der Waals surface area contributed by atoms with Crippen LogP contribution in [0.3, 0.4) is 0 Å². The number of amides is 1. The van der Waals surface area contributed by atoms with E-state index in [-0.39, 0.29) is 16.6 Å². The summed E-state index contributed by atoms with van der Waals surface area (Å²) < 4.78 is 0. The molecule has 0 spiro atoms. The number of halogens is 2. The maximum Gasteiger partial charge on any atom is 0.270 e.